The predicted molar refractivity (Wildman–Crippen MR) is 7.81 cm³/mol. The van der Waals surface area contributed by atoms with E-state index in [1.54, 1.807) is 0 Å². The zero-order valence-corrected chi connectivity index (χ0v) is 3.39. The van der Waals surface area contributed by atoms with Gasteiger partial charge in [0.25, 0.3) is 0 Å². The first-order chi connectivity index (χ1) is 2.00. The van der Waals surface area contributed by atoms with E-state index in [9.17, 15) is 0 Å². The maximum absolute atomic E-state index is 8.10. The summed E-state index contributed by atoms with van der Waals surface area (Å²) in [5.74, 6) is 0. The van der Waals surface area contributed by atoms with Gasteiger partial charge in [-0.3, -0.25) is 0 Å². The van der Waals surface area contributed by atoms with Crippen molar-refractivity contribution in [3.63, 3.8) is 0 Å². The molecule has 0 saturated carbocycles. The molecule has 0 unspecified atom stereocenters. The van der Waals surface area contributed by atoms with Gasteiger partial charge in [0.05, 0.1) is 0 Å². The molecule has 3 heteroatoms. The fourth-order valence-electron chi connectivity index (χ4n) is 0. The van der Waals surface area contributed by atoms with Crippen LogP contribution in [0.25, 0.3) is 0 Å². The van der Waals surface area contributed by atoms with Crippen LogP contribution in [0.2, 0.25) is 0 Å². The minimum atomic E-state index is 1.50. The third-order valence-corrected chi connectivity index (χ3v) is 0. The van der Waals surface area contributed by atoms with E-state index in [0.29, 0.717) is 0 Å². The van der Waals surface area contributed by atoms with Gasteiger partial charge >= 0.3 is 22.6 Å². The standard InChI is InChI=1S/CH2O.O.Pd/c1-2;;/h1H2;;. The van der Waals surface area contributed by atoms with Crippen LogP contribution >= 0.6 is 0 Å². The van der Waals surface area contributed by atoms with E-state index >= 15 is 0 Å². The molecule has 2 nitrogen and oxygen atoms in total. The molecule has 0 saturated heterocycles. The Hall–Kier alpha value is 0.132. The molecule has 0 heterocycles. The number of hydrogen-bond donors (Lipinski definition) is 0. The Balaban J connectivity index is 0. The molecule has 0 atom stereocenters. The Labute approximate surface area is 34.9 Å². The van der Waals surface area contributed by atoms with Crippen molar-refractivity contribution in [1.29, 1.82) is 0 Å². The number of rotatable bonds is 0. The fraction of sp³-hybridized carbons (Fsp3) is 0. The Morgan fingerprint density at radius 3 is 1.25 bits per heavy atom. The van der Waals surface area contributed by atoms with E-state index in [-0.39, 0.29) is 0 Å². The Morgan fingerprint density at radius 1 is 1.25 bits per heavy atom. The zero-order valence-electron chi connectivity index (χ0n) is 1.84. The number of carbonyl (C=O) groups is 1. The van der Waals surface area contributed by atoms with Gasteiger partial charge in [0.15, 0.2) is 0 Å². The molecular weight excluding hydrogens is 150 g/mol. The van der Waals surface area contributed by atoms with E-state index in [1.807, 2.05) is 6.79 Å². The van der Waals surface area contributed by atoms with Crippen LogP contribution in [0.1, 0.15) is 0 Å². The SMILES string of the molecule is C=O.[O]=[Pd]. The van der Waals surface area contributed by atoms with Gasteiger partial charge in [0.1, 0.15) is 6.79 Å². The van der Waals surface area contributed by atoms with Gasteiger partial charge in [-0.05, 0) is 0 Å². The van der Waals surface area contributed by atoms with E-state index in [2.05, 4.69) is 0 Å². The second-order valence-corrected chi connectivity index (χ2v) is 0. The molecular formula is CH2O2Pd. The Bertz CT molecular complexity index is 8.00. The van der Waals surface area contributed by atoms with Gasteiger partial charge in [-0.1, -0.05) is 0 Å². The van der Waals surface area contributed by atoms with Gasteiger partial charge in [0, 0.05) is 0 Å². The molecule has 0 radical (unpaired) electrons. The van der Waals surface area contributed by atoms with Crippen molar-refractivity contribution in [3.05, 3.63) is 0 Å². The van der Waals surface area contributed by atoms with Crippen LogP contribution < -0.4 is 0 Å². The van der Waals surface area contributed by atoms with E-state index < -0.39 is 0 Å². The van der Waals surface area contributed by atoms with E-state index in [0.717, 1.165) is 0 Å². The molecule has 0 aromatic rings. The summed E-state index contributed by atoms with van der Waals surface area (Å²) < 4.78 is 8.10. The summed E-state index contributed by atoms with van der Waals surface area (Å²) in [7, 11) is 0. The van der Waals surface area contributed by atoms with Crippen LogP contribution in [0.3, 0.4) is 0 Å². The average Bonchev–Trinajstić information content (AvgIpc) is 1.50. The molecule has 0 N–H and O–H groups in total. The topological polar surface area (TPSA) is 34.1 Å². The molecule has 28 valence electrons. The molecule has 0 spiro atoms. The van der Waals surface area contributed by atoms with Gasteiger partial charge < -0.3 is 4.79 Å². The van der Waals surface area contributed by atoms with Gasteiger partial charge in [-0.15, -0.1) is 0 Å². The molecule has 0 aliphatic carbocycles. The molecule has 0 aromatic carbocycles. The second kappa shape index (κ2) is 813. The van der Waals surface area contributed by atoms with Crippen molar-refractivity contribution in [2.24, 2.45) is 0 Å². The van der Waals surface area contributed by atoms with Gasteiger partial charge in [-0.25, -0.2) is 0 Å². The summed E-state index contributed by atoms with van der Waals surface area (Å²) in [5, 5.41) is 0. The predicted octanol–water partition coefficient (Wildman–Crippen LogP) is -0.306. The van der Waals surface area contributed by atoms with Crippen molar-refractivity contribution < 1.29 is 27.4 Å². The zero-order chi connectivity index (χ0) is 4.00. The summed E-state index contributed by atoms with van der Waals surface area (Å²) in [6, 6.07) is 0. The first-order valence-corrected chi connectivity index (χ1v) is 1.05. The molecule has 0 bridgehead atoms. The van der Waals surface area contributed by atoms with E-state index in [4.69, 9.17) is 8.26 Å². The van der Waals surface area contributed by atoms with Crippen LogP contribution in [0.15, 0.2) is 0 Å². The Morgan fingerprint density at radius 2 is 1.25 bits per heavy atom. The summed E-state index contributed by atoms with van der Waals surface area (Å²) in [6.45, 7) is 2.00. The van der Waals surface area contributed by atoms with Crippen molar-refractivity contribution in [2.75, 3.05) is 0 Å². The quantitative estimate of drug-likeness (QED) is 0.447. The van der Waals surface area contributed by atoms with Crippen LogP contribution in [-0.2, 0) is 27.4 Å². The summed E-state index contributed by atoms with van der Waals surface area (Å²) in [4.78, 5) is 8.00. The normalized spacial score (nSPS) is 2.50. The van der Waals surface area contributed by atoms with Crippen LogP contribution in [0.4, 0.5) is 0 Å². The molecule has 4 heavy (non-hydrogen) atoms. The third-order valence-electron chi connectivity index (χ3n) is 0. The van der Waals surface area contributed by atoms with Crippen LogP contribution in [0.5, 0.6) is 0 Å². The first kappa shape index (κ1) is 8.92. The third kappa shape index (κ3) is 156. The molecule has 0 aliphatic heterocycles. The van der Waals surface area contributed by atoms with E-state index in [1.165, 1.54) is 19.2 Å². The first-order valence-electron chi connectivity index (χ1n) is 0.418. The fourth-order valence-corrected chi connectivity index (χ4v) is 0. The van der Waals surface area contributed by atoms with Gasteiger partial charge in [0.2, 0.25) is 0 Å². The number of carbonyl (C=O) groups excluding carboxylic acids is 1. The Kier molecular flexibility index (Phi) is 1810. The molecule has 0 aromatic heterocycles. The monoisotopic (exact) mass is 152 g/mol. The van der Waals surface area contributed by atoms with Crippen molar-refractivity contribution >= 4 is 6.79 Å². The second-order valence-electron chi connectivity index (χ2n) is 0. The van der Waals surface area contributed by atoms with Crippen LogP contribution in [0, 0.1) is 0 Å². The molecule has 0 aliphatic rings. The van der Waals surface area contributed by atoms with Crippen molar-refractivity contribution in [2.45, 2.75) is 0 Å². The van der Waals surface area contributed by atoms with Crippen molar-refractivity contribution in [3.8, 4) is 0 Å². The maximum atomic E-state index is 8.10. The van der Waals surface area contributed by atoms with Gasteiger partial charge in [-0.2, -0.15) is 0 Å². The van der Waals surface area contributed by atoms with Crippen molar-refractivity contribution in [1.82, 2.24) is 0 Å². The summed E-state index contributed by atoms with van der Waals surface area (Å²) in [5.41, 5.74) is 0. The summed E-state index contributed by atoms with van der Waals surface area (Å²) in [6.07, 6.45) is 0. The summed E-state index contributed by atoms with van der Waals surface area (Å²) >= 11 is 1.50. The van der Waals surface area contributed by atoms with Crippen LogP contribution in [-0.4, -0.2) is 6.79 Å². The molecule has 0 amide bonds. The number of hydrogen-bond acceptors (Lipinski definition) is 2. The molecule has 0 rings (SSSR count). The molecule has 0 fully saturated rings. The average molecular weight is 152 g/mol. The minimum absolute atomic E-state index is 1.50.